The lowest BCUT2D eigenvalue weighted by Gasteiger charge is -2.26. The van der Waals surface area contributed by atoms with Gasteiger partial charge in [-0.2, -0.15) is 0 Å². The molecular formula is C26H31NO3. The SMILES string of the molecule is COc1cccc(CCC2CCc3cc([C@H]4CC[C@]5(COC(=O)N5)C4)ccc3C2)c1. The summed E-state index contributed by atoms with van der Waals surface area (Å²) in [5, 5.41) is 3.06. The zero-order valence-electron chi connectivity index (χ0n) is 17.8. The first-order valence-corrected chi connectivity index (χ1v) is 11.3. The van der Waals surface area contributed by atoms with Gasteiger partial charge in [0.2, 0.25) is 0 Å². The van der Waals surface area contributed by atoms with Gasteiger partial charge in [-0.15, -0.1) is 0 Å². The van der Waals surface area contributed by atoms with Crippen LogP contribution in [0.25, 0.3) is 0 Å². The van der Waals surface area contributed by atoms with Crippen molar-refractivity contribution < 1.29 is 14.3 Å². The number of carbonyl (C=O) groups excluding carboxylic acids is 1. The van der Waals surface area contributed by atoms with Crippen LogP contribution >= 0.6 is 0 Å². The number of benzene rings is 2. The molecule has 2 aliphatic carbocycles. The van der Waals surface area contributed by atoms with Gasteiger partial charge in [0.05, 0.1) is 12.6 Å². The summed E-state index contributed by atoms with van der Waals surface area (Å²) in [5.41, 5.74) is 5.77. The average molecular weight is 406 g/mol. The van der Waals surface area contributed by atoms with Crippen molar-refractivity contribution in [3.8, 4) is 5.75 Å². The van der Waals surface area contributed by atoms with Crippen LogP contribution in [0.2, 0.25) is 0 Å². The van der Waals surface area contributed by atoms with Crippen molar-refractivity contribution in [3.63, 3.8) is 0 Å². The molecule has 1 saturated carbocycles. The molecule has 1 unspecified atom stereocenters. The number of fused-ring (bicyclic) bond motifs is 1. The maximum absolute atomic E-state index is 11.5. The van der Waals surface area contributed by atoms with Crippen LogP contribution in [-0.2, 0) is 24.0 Å². The van der Waals surface area contributed by atoms with E-state index in [9.17, 15) is 4.79 Å². The van der Waals surface area contributed by atoms with Gasteiger partial charge in [0.15, 0.2) is 0 Å². The van der Waals surface area contributed by atoms with Gasteiger partial charge in [0.25, 0.3) is 0 Å². The normalized spacial score (nSPS) is 27.6. The van der Waals surface area contributed by atoms with Crippen molar-refractivity contribution in [2.75, 3.05) is 13.7 Å². The Morgan fingerprint density at radius 1 is 1.17 bits per heavy atom. The van der Waals surface area contributed by atoms with E-state index >= 15 is 0 Å². The fourth-order valence-electron chi connectivity index (χ4n) is 5.70. The quantitative estimate of drug-likeness (QED) is 0.746. The number of ether oxygens (including phenoxy) is 2. The van der Waals surface area contributed by atoms with Crippen LogP contribution in [0, 0.1) is 5.92 Å². The van der Waals surface area contributed by atoms with E-state index in [1.807, 2.05) is 6.07 Å². The minimum atomic E-state index is -0.249. The Kier molecular flexibility index (Phi) is 5.18. The van der Waals surface area contributed by atoms with E-state index in [1.165, 1.54) is 47.9 Å². The minimum Gasteiger partial charge on any atom is -0.497 e. The number of rotatable bonds is 5. The fraction of sp³-hybridized carbons (Fsp3) is 0.500. The molecule has 2 aromatic rings. The maximum atomic E-state index is 11.5. The molecule has 1 aliphatic heterocycles. The van der Waals surface area contributed by atoms with Gasteiger partial charge in [0, 0.05) is 0 Å². The lowest BCUT2D eigenvalue weighted by Crippen LogP contribution is -2.40. The third-order valence-corrected chi connectivity index (χ3v) is 7.46. The minimum absolute atomic E-state index is 0.122. The summed E-state index contributed by atoms with van der Waals surface area (Å²) < 4.78 is 10.5. The third-order valence-electron chi connectivity index (χ3n) is 7.46. The van der Waals surface area contributed by atoms with Crippen LogP contribution < -0.4 is 10.1 Å². The Labute approximate surface area is 179 Å². The molecule has 158 valence electrons. The van der Waals surface area contributed by atoms with Crippen molar-refractivity contribution in [1.82, 2.24) is 5.32 Å². The first-order chi connectivity index (χ1) is 14.6. The van der Waals surface area contributed by atoms with E-state index < -0.39 is 0 Å². The lowest BCUT2D eigenvalue weighted by molar-refractivity contribution is 0.172. The van der Waals surface area contributed by atoms with Crippen molar-refractivity contribution in [3.05, 3.63) is 64.7 Å². The van der Waals surface area contributed by atoms with Gasteiger partial charge in [-0.1, -0.05) is 30.3 Å². The standard InChI is InChI=1S/C26H31NO3/c1-29-24-4-2-3-18(14-24)5-6-19-7-8-21-15-22(10-9-20(21)13-19)23-11-12-26(16-23)17-30-25(28)27-26/h2-4,9-10,14-15,19,23H,5-8,11-13,16-17H2,1H3,(H,27,28)/t19?,23-,26+/m0/s1. The summed E-state index contributed by atoms with van der Waals surface area (Å²) in [6, 6.07) is 15.6. The second kappa shape index (κ2) is 7.98. The predicted molar refractivity (Wildman–Crippen MR) is 117 cm³/mol. The van der Waals surface area contributed by atoms with E-state index in [1.54, 1.807) is 7.11 Å². The highest BCUT2D eigenvalue weighted by atomic mass is 16.6. The summed E-state index contributed by atoms with van der Waals surface area (Å²) in [5.74, 6) is 2.24. The molecule has 30 heavy (non-hydrogen) atoms. The molecule has 1 N–H and O–H groups in total. The Morgan fingerprint density at radius 2 is 2.10 bits per heavy atom. The molecule has 1 saturated heterocycles. The van der Waals surface area contributed by atoms with E-state index in [4.69, 9.17) is 9.47 Å². The van der Waals surface area contributed by atoms with Crippen LogP contribution in [0.4, 0.5) is 4.79 Å². The number of methoxy groups -OCH3 is 1. The van der Waals surface area contributed by atoms with Gasteiger partial charge in [-0.25, -0.2) is 4.79 Å². The number of aryl methyl sites for hydroxylation is 2. The van der Waals surface area contributed by atoms with Gasteiger partial charge < -0.3 is 14.8 Å². The molecule has 4 nitrogen and oxygen atoms in total. The van der Waals surface area contributed by atoms with Crippen LogP contribution in [0.5, 0.6) is 5.75 Å². The number of cyclic esters (lactones) is 1. The number of carbonyl (C=O) groups is 1. The van der Waals surface area contributed by atoms with Gasteiger partial charge in [-0.05, 0) is 97.6 Å². The lowest BCUT2D eigenvalue weighted by atomic mass is 9.79. The van der Waals surface area contributed by atoms with Crippen LogP contribution in [-0.4, -0.2) is 25.3 Å². The van der Waals surface area contributed by atoms with Crippen molar-refractivity contribution in [2.24, 2.45) is 5.92 Å². The van der Waals surface area contributed by atoms with E-state index in [-0.39, 0.29) is 11.6 Å². The second-order valence-electron chi connectivity index (χ2n) is 9.45. The number of alkyl carbamates (subject to hydrolysis) is 1. The average Bonchev–Trinajstić information content (AvgIpc) is 3.37. The summed E-state index contributed by atoms with van der Waals surface area (Å²) in [4.78, 5) is 11.5. The Bertz CT molecular complexity index is 940. The molecule has 2 fully saturated rings. The molecule has 2 aromatic carbocycles. The molecule has 3 atom stereocenters. The molecule has 0 aromatic heterocycles. The summed E-state index contributed by atoms with van der Waals surface area (Å²) in [7, 11) is 1.73. The third kappa shape index (κ3) is 3.92. The summed E-state index contributed by atoms with van der Waals surface area (Å²) >= 11 is 0. The van der Waals surface area contributed by atoms with E-state index in [0.717, 1.165) is 37.4 Å². The highest BCUT2D eigenvalue weighted by Crippen LogP contribution is 2.43. The van der Waals surface area contributed by atoms with Gasteiger partial charge in [-0.3, -0.25) is 0 Å². The van der Waals surface area contributed by atoms with E-state index in [0.29, 0.717) is 12.5 Å². The van der Waals surface area contributed by atoms with Crippen LogP contribution in [0.1, 0.15) is 60.3 Å². The zero-order chi connectivity index (χ0) is 20.6. The van der Waals surface area contributed by atoms with Crippen molar-refractivity contribution >= 4 is 6.09 Å². The topological polar surface area (TPSA) is 47.6 Å². The fourth-order valence-corrected chi connectivity index (χ4v) is 5.70. The molecule has 1 amide bonds. The molecular weight excluding hydrogens is 374 g/mol. The summed E-state index contributed by atoms with van der Waals surface area (Å²) in [6.07, 6.45) is 8.91. The number of amides is 1. The molecule has 1 spiro atoms. The first-order valence-electron chi connectivity index (χ1n) is 11.3. The number of nitrogens with one attached hydrogen (secondary N) is 1. The predicted octanol–water partition coefficient (Wildman–Crippen LogP) is 5.18. The smallest absolute Gasteiger partial charge is 0.407 e. The Balaban J connectivity index is 1.20. The monoisotopic (exact) mass is 405 g/mol. The molecule has 5 rings (SSSR count). The maximum Gasteiger partial charge on any atom is 0.407 e. The molecule has 3 aliphatic rings. The summed E-state index contributed by atoms with van der Waals surface area (Å²) in [6.45, 7) is 0.530. The number of hydrogen-bond donors (Lipinski definition) is 1. The Morgan fingerprint density at radius 3 is 2.93 bits per heavy atom. The highest BCUT2D eigenvalue weighted by Gasteiger charge is 2.46. The Hall–Kier alpha value is -2.49. The number of hydrogen-bond acceptors (Lipinski definition) is 3. The second-order valence-corrected chi connectivity index (χ2v) is 9.45. The molecule has 1 heterocycles. The first kappa shape index (κ1) is 19.5. The van der Waals surface area contributed by atoms with Crippen molar-refractivity contribution in [1.29, 1.82) is 0 Å². The van der Waals surface area contributed by atoms with Crippen LogP contribution in [0.3, 0.4) is 0 Å². The molecule has 4 heteroatoms. The molecule has 0 bridgehead atoms. The van der Waals surface area contributed by atoms with Crippen molar-refractivity contribution in [2.45, 2.75) is 62.8 Å². The van der Waals surface area contributed by atoms with E-state index in [2.05, 4.69) is 41.7 Å². The largest absolute Gasteiger partial charge is 0.497 e. The van der Waals surface area contributed by atoms with Gasteiger partial charge >= 0.3 is 6.09 Å². The van der Waals surface area contributed by atoms with Gasteiger partial charge in [0.1, 0.15) is 12.4 Å². The zero-order valence-corrected chi connectivity index (χ0v) is 17.8. The highest BCUT2D eigenvalue weighted by molar-refractivity contribution is 5.70. The molecule has 0 radical (unpaired) electrons. The van der Waals surface area contributed by atoms with Crippen LogP contribution in [0.15, 0.2) is 42.5 Å².